The second kappa shape index (κ2) is 6.67. The van der Waals surface area contributed by atoms with E-state index in [1.54, 1.807) is 24.3 Å². The van der Waals surface area contributed by atoms with Crippen LogP contribution in [0.1, 0.15) is 23.2 Å². The normalized spacial score (nSPS) is 19.0. The van der Waals surface area contributed by atoms with Gasteiger partial charge in [-0.2, -0.15) is 0 Å². The molecule has 1 aromatic rings. The number of amides is 2. The Morgan fingerprint density at radius 2 is 1.73 bits per heavy atom. The summed E-state index contributed by atoms with van der Waals surface area (Å²) in [6.07, 6.45) is 2.20. The number of carbonyl (C=O) groups excluding carboxylic acids is 2. The molecule has 1 aromatic carbocycles. The first-order valence-corrected chi connectivity index (χ1v) is 8.06. The SMILES string of the molecule is O=C(CN1CCN(C(=O)NC2CC2)CC1)c1ccc(Cl)cc1. The first-order chi connectivity index (χ1) is 10.6. The van der Waals surface area contributed by atoms with Crippen molar-refractivity contribution in [1.82, 2.24) is 15.1 Å². The molecule has 2 amide bonds. The topological polar surface area (TPSA) is 52.7 Å². The van der Waals surface area contributed by atoms with E-state index in [0.717, 1.165) is 25.9 Å². The molecule has 1 saturated carbocycles. The van der Waals surface area contributed by atoms with Crippen molar-refractivity contribution in [2.24, 2.45) is 0 Å². The molecule has 22 heavy (non-hydrogen) atoms. The maximum absolute atomic E-state index is 12.2. The van der Waals surface area contributed by atoms with Crippen LogP contribution >= 0.6 is 11.6 Å². The summed E-state index contributed by atoms with van der Waals surface area (Å²) in [6.45, 7) is 3.20. The summed E-state index contributed by atoms with van der Waals surface area (Å²) >= 11 is 5.83. The summed E-state index contributed by atoms with van der Waals surface area (Å²) in [5.41, 5.74) is 0.679. The molecule has 118 valence electrons. The van der Waals surface area contributed by atoms with Crippen LogP contribution in [0.3, 0.4) is 0 Å². The van der Waals surface area contributed by atoms with Crippen molar-refractivity contribution in [3.05, 3.63) is 34.9 Å². The van der Waals surface area contributed by atoms with E-state index in [-0.39, 0.29) is 11.8 Å². The molecule has 1 aliphatic carbocycles. The van der Waals surface area contributed by atoms with Crippen LogP contribution in [0.25, 0.3) is 0 Å². The van der Waals surface area contributed by atoms with Gasteiger partial charge in [0.2, 0.25) is 0 Å². The lowest BCUT2D eigenvalue weighted by Crippen LogP contribution is -2.52. The van der Waals surface area contributed by atoms with E-state index in [1.165, 1.54) is 0 Å². The smallest absolute Gasteiger partial charge is 0.317 e. The monoisotopic (exact) mass is 321 g/mol. The van der Waals surface area contributed by atoms with Gasteiger partial charge in [0, 0.05) is 42.8 Å². The van der Waals surface area contributed by atoms with Gasteiger partial charge < -0.3 is 10.2 Å². The van der Waals surface area contributed by atoms with E-state index in [2.05, 4.69) is 10.2 Å². The molecule has 0 spiro atoms. The predicted molar refractivity (Wildman–Crippen MR) is 85.3 cm³/mol. The number of halogens is 1. The van der Waals surface area contributed by atoms with Gasteiger partial charge in [-0.05, 0) is 37.1 Å². The van der Waals surface area contributed by atoms with Crippen molar-refractivity contribution >= 4 is 23.4 Å². The number of rotatable bonds is 4. The highest BCUT2D eigenvalue weighted by Crippen LogP contribution is 2.19. The molecular formula is C16H20ClN3O2. The molecule has 0 radical (unpaired) electrons. The number of piperazine rings is 1. The maximum atomic E-state index is 12.2. The largest absolute Gasteiger partial charge is 0.335 e. The lowest BCUT2D eigenvalue weighted by atomic mass is 10.1. The van der Waals surface area contributed by atoms with Gasteiger partial charge in [-0.3, -0.25) is 9.69 Å². The summed E-state index contributed by atoms with van der Waals surface area (Å²) in [7, 11) is 0. The summed E-state index contributed by atoms with van der Waals surface area (Å²) in [5.74, 6) is 0.0903. The van der Waals surface area contributed by atoms with Gasteiger partial charge in [0.1, 0.15) is 0 Å². The van der Waals surface area contributed by atoms with Gasteiger partial charge in [0.05, 0.1) is 6.54 Å². The summed E-state index contributed by atoms with van der Waals surface area (Å²) in [6, 6.07) is 7.39. The Hall–Kier alpha value is -1.59. The van der Waals surface area contributed by atoms with E-state index in [4.69, 9.17) is 11.6 Å². The first-order valence-electron chi connectivity index (χ1n) is 7.68. The van der Waals surface area contributed by atoms with Gasteiger partial charge in [-0.1, -0.05) is 11.6 Å². The molecule has 0 aromatic heterocycles. The van der Waals surface area contributed by atoms with Crippen molar-refractivity contribution in [2.45, 2.75) is 18.9 Å². The zero-order valence-electron chi connectivity index (χ0n) is 12.4. The van der Waals surface area contributed by atoms with Crippen LogP contribution in [0.15, 0.2) is 24.3 Å². The second-order valence-electron chi connectivity index (χ2n) is 5.92. The van der Waals surface area contributed by atoms with Crippen LogP contribution in [-0.2, 0) is 0 Å². The number of Topliss-reactive ketones (excluding diaryl/α,β-unsaturated/α-hetero) is 1. The Labute approximate surface area is 135 Å². The molecule has 6 heteroatoms. The number of benzene rings is 1. The van der Waals surface area contributed by atoms with Crippen LogP contribution in [-0.4, -0.2) is 60.4 Å². The zero-order chi connectivity index (χ0) is 15.5. The molecule has 1 N–H and O–H groups in total. The number of nitrogens with zero attached hydrogens (tertiary/aromatic N) is 2. The molecule has 1 heterocycles. The van der Waals surface area contributed by atoms with Crippen LogP contribution in [0.2, 0.25) is 5.02 Å². The fraction of sp³-hybridized carbons (Fsp3) is 0.500. The zero-order valence-corrected chi connectivity index (χ0v) is 13.2. The molecular weight excluding hydrogens is 302 g/mol. The van der Waals surface area contributed by atoms with Crippen LogP contribution in [0.4, 0.5) is 4.79 Å². The number of hydrogen-bond acceptors (Lipinski definition) is 3. The molecule has 5 nitrogen and oxygen atoms in total. The Bertz CT molecular complexity index is 549. The van der Waals surface area contributed by atoms with E-state index in [0.29, 0.717) is 36.3 Å². The average Bonchev–Trinajstić information content (AvgIpc) is 3.32. The highest BCUT2D eigenvalue weighted by atomic mass is 35.5. The molecule has 0 unspecified atom stereocenters. The van der Waals surface area contributed by atoms with E-state index in [1.807, 2.05) is 4.90 Å². The fourth-order valence-corrected chi connectivity index (χ4v) is 2.66. The van der Waals surface area contributed by atoms with E-state index < -0.39 is 0 Å². The number of urea groups is 1. The number of carbonyl (C=O) groups is 2. The quantitative estimate of drug-likeness (QED) is 0.863. The molecule has 1 aliphatic heterocycles. The summed E-state index contributed by atoms with van der Waals surface area (Å²) in [4.78, 5) is 28.1. The molecule has 1 saturated heterocycles. The van der Waals surface area contributed by atoms with Gasteiger partial charge in [0.25, 0.3) is 0 Å². The number of ketones is 1. The predicted octanol–water partition coefficient (Wildman–Crippen LogP) is 2.01. The van der Waals surface area contributed by atoms with Crippen molar-refractivity contribution in [2.75, 3.05) is 32.7 Å². The highest BCUT2D eigenvalue weighted by molar-refractivity contribution is 6.30. The minimum absolute atomic E-state index is 0.0335. The summed E-state index contributed by atoms with van der Waals surface area (Å²) < 4.78 is 0. The highest BCUT2D eigenvalue weighted by Gasteiger charge is 2.28. The Morgan fingerprint density at radius 1 is 1.09 bits per heavy atom. The third-order valence-electron chi connectivity index (χ3n) is 4.10. The van der Waals surface area contributed by atoms with Gasteiger partial charge in [0.15, 0.2) is 5.78 Å². The minimum Gasteiger partial charge on any atom is -0.335 e. The van der Waals surface area contributed by atoms with Crippen molar-refractivity contribution in [1.29, 1.82) is 0 Å². The standard InChI is InChI=1S/C16H20ClN3O2/c17-13-3-1-12(2-4-13)15(21)11-19-7-9-20(10-8-19)16(22)18-14-5-6-14/h1-4,14H,5-11H2,(H,18,22). The van der Waals surface area contributed by atoms with E-state index >= 15 is 0 Å². The van der Waals surface area contributed by atoms with Crippen molar-refractivity contribution in [3.8, 4) is 0 Å². The third kappa shape index (κ3) is 3.99. The molecule has 2 aliphatic rings. The van der Waals surface area contributed by atoms with Crippen molar-refractivity contribution in [3.63, 3.8) is 0 Å². The van der Waals surface area contributed by atoms with Crippen LogP contribution in [0.5, 0.6) is 0 Å². The van der Waals surface area contributed by atoms with Crippen molar-refractivity contribution < 1.29 is 9.59 Å². The fourth-order valence-electron chi connectivity index (χ4n) is 2.53. The molecule has 0 bridgehead atoms. The first kappa shape index (κ1) is 15.3. The lowest BCUT2D eigenvalue weighted by Gasteiger charge is -2.34. The summed E-state index contributed by atoms with van der Waals surface area (Å²) in [5, 5.41) is 3.63. The Morgan fingerprint density at radius 3 is 2.32 bits per heavy atom. The van der Waals surface area contributed by atoms with Crippen LogP contribution < -0.4 is 5.32 Å². The molecule has 3 rings (SSSR count). The number of nitrogens with one attached hydrogen (secondary N) is 1. The maximum Gasteiger partial charge on any atom is 0.317 e. The lowest BCUT2D eigenvalue weighted by molar-refractivity contribution is 0.0878. The van der Waals surface area contributed by atoms with Gasteiger partial charge in [-0.15, -0.1) is 0 Å². The minimum atomic E-state index is 0.0335. The van der Waals surface area contributed by atoms with Gasteiger partial charge in [-0.25, -0.2) is 4.79 Å². The van der Waals surface area contributed by atoms with Crippen LogP contribution in [0, 0.1) is 0 Å². The third-order valence-corrected chi connectivity index (χ3v) is 4.35. The Balaban J connectivity index is 1.45. The average molecular weight is 322 g/mol. The van der Waals surface area contributed by atoms with E-state index in [9.17, 15) is 9.59 Å². The second-order valence-corrected chi connectivity index (χ2v) is 6.35. The molecule has 2 fully saturated rings. The molecule has 0 atom stereocenters. The van der Waals surface area contributed by atoms with Gasteiger partial charge >= 0.3 is 6.03 Å². The number of hydrogen-bond donors (Lipinski definition) is 1. The Kier molecular flexibility index (Phi) is 4.64.